The van der Waals surface area contributed by atoms with Crippen LogP contribution in [0.25, 0.3) is 0 Å². The lowest BCUT2D eigenvalue weighted by molar-refractivity contribution is -0.385. The summed E-state index contributed by atoms with van der Waals surface area (Å²) in [5, 5.41) is 14.0. The third-order valence-corrected chi connectivity index (χ3v) is 3.94. The van der Waals surface area contributed by atoms with E-state index in [1.807, 2.05) is 38.1 Å². The molecule has 0 aliphatic rings. The molecule has 2 aromatic carbocycles. The van der Waals surface area contributed by atoms with Gasteiger partial charge in [-0.1, -0.05) is 42.8 Å². The van der Waals surface area contributed by atoms with Gasteiger partial charge in [-0.25, -0.2) is 0 Å². The van der Waals surface area contributed by atoms with Crippen molar-refractivity contribution < 1.29 is 9.72 Å². The van der Waals surface area contributed by atoms with Crippen molar-refractivity contribution in [2.75, 3.05) is 0 Å². The van der Waals surface area contributed by atoms with Gasteiger partial charge in [-0.05, 0) is 31.9 Å². The minimum atomic E-state index is -0.469. The zero-order valence-corrected chi connectivity index (χ0v) is 13.5. The van der Waals surface area contributed by atoms with Crippen LogP contribution in [0.5, 0.6) is 0 Å². The van der Waals surface area contributed by atoms with Gasteiger partial charge in [-0.3, -0.25) is 14.9 Å². The fourth-order valence-electron chi connectivity index (χ4n) is 2.52. The highest BCUT2D eigenvalue weighted by Crippen LogP contribution is 2.23. The minimum Gasteiger partial charge on any atom is -0.345 e. The molecule has 0 bridgehead atoms. The summed E-state index contributed by atoms with van der Waals surface area (Å²) in [6.45, 7) is 5.60. The Morgan fingerprint density at radius 3 is 2.39 bits per heavy atom. The lowest BCUT2D eigenvalue weighted by Crippen LogP contribution is -2.28. The number of amides is 1. The first-order valence-corrected chi connectivity index (χ1v) is 7.55. The van der Waals surface area contributed by atoms with Gasteiger partial charge in [-0.15, -0.1) is 0 Å². The Labute approximate surface area is 135 Å². The zero-order valence-electron chi connectivity index (χ0n) is 13.5. The molecule has 1 amide bonds. The predicted octanol–water partition coefficient (Wildman–Crippen LogP) is 4.09. The van der Waals surface area contributed by atoms with Crippen LogP contribution in [0.15, 0.2) is 42.5 Å². The first-order valence-electron chi connectivity index (χ1n) is 7.55. The third-order valence-electron chi connectivity index (χ3n) is 3.94. The normalized spacial score (nSPS) is 11.8. The summed E-state index contributed by atoms with van der Waals surface area (Å²) in [6, 6.07) is 12.4. The molecule has 0 aliphatic carbocycles. The fourth-order valence-corrected chi connectivity index (χ4v) is 2.52. The van der Waals surface area contributed by atoms with Gasteiger partial charge in [0.25, 0.3) is 11.6 Å². The third kappa shape index (κ3) is 3.74. The molecule has 120 valence electrons. The summed E-state index contributed by atoms with van der Waals surface area (Å²) < 4.78 is 0. The molecule has 0 fully saturated rings. The van der Waals surface area contributed by atoms with Crippen LogP contribution in [-0.2, 0) is 0 Å². The molecule has 0 aliphatic heterocycles. The molecule has 0 heterocycles. The zero-order chi connectivity index (χ0) is 17.0. The van der Waals surface area contributed by atoms with Crippen molar-refractivity contribution in [1.82, 2.24) is 5.32 Å². The van der Waals surface area contributed by atoms with E-state index in [-0.39, 0.29) is 17.6 Å². The molecule has 1 N–H and O–H groups in total. The van der Waals surface area contributed by atoms with Gasteiger partial charge in [0, 0.05) is 17.2 Å². The molecule has 23 heavy (non-hydrogen) atoms. The summed E-state index contributed by atoms with van der Waals surface area (Å²) >= 11 is 0. The molecule has 0 unspecified atom stereocenters. The number of nitrogens with zero attached hydrogens (tertiary/aromatic N) is 1. The van der Waals surface area contributed by atoms with Crippen LogP contribution in [0.2, 0.25) is 0 Å². The van der Waals surface area contributed by atoms with Crippen LogP contribution >= 0.6 is 0 Å². The van der Waals surface area contributed by atoms with Crippen LogP contribution in [0.4, 0.5) is 5.69 Å². The van der Waals surface area contributed by atoms with Crippen molar-refractivity contribution in [3.05, 3.63) is 74.8 Å². The molecular weight excluding hydrogens is 292 g/mol. The highest BCUT2D eigenvalue weighted by atomic mass is 16.6. The number of rotatable bonds is 5. The summed E-state index contributed by atoms with van der Waals surface area (Å²) in [5.74, 6) is -0.293. The second kappa shape index (κ2) is 7.05. The largest absolute Gasteiger partial charge is 0.345 e. The van der Waals surface area contributed by atoms with Gasteiger partial charge < -0.3 is 5.32 Å². The van der Waals surface area contributed by atoms with E-state index in [1.165, 1.54) is 12.1 Å². The first-order chi connectivity index (χ1) is 10.9. The predicted molar refractivity (Wildman–Crippen MR) is 89.5 cm³/mol. The number of carbonyl (C=O) groups excluding carboxylic acids is 1. The van der Waals surface area contributed by atoms with Crippen LogP contribution in [0.1, 0.15) is 46.4 Å². The van der Waals surface area contributed by atoms with Crippen molar-refractivity contribution in [2.45, 2.75) is 33.2 Å². The van der Waals surface area contributed by atoms with Crippen LogP contribution < -0.4 is 5.32 Å². The molecule has 2 aromatic rings. The van der Waals surface area contributed by atoms with Crippen LogP contribution in [0, 0.1) is 24.0 Å². The first kappa shape index (κ1) is 16.7. The van der Waals surface area contributed by atoms with E-state index in [1.54, 1.807) is 13.0 Å². The van der Waals surface area contributed by atoms with Gasteiger partial charge in [0.2, 0.25) is 0 Å². The number of nitrogens with one attached hydrogen (secondary N) is 1. The topological polar surface area (TPSA) is 72.2 Å². The molecule has 0 saturated carbocycles. The molecule has 2 rings (SSSR count). The Morgan fingerprint density at radius 1 is 1.17 bits per heavy atom. The molecule has 5 heteroatoms. The summed E-state index contributed by atoms with van der Waals surface area (Å²) in [6.07, 6.45) is 0.739. The minimum absolute atomic E-state index is 0.0407. The van der Waals surface area contributed by atoms with Gasteiger partial charge in [-0.2, -0.15) is 0 Å². The van der Waals surface area contributed by atoms with Gasteiger partial charge in [0.15, 0.2) is 0 Å². The molecule has 0 saturated heterocycles. The summed E-state index contributed by atoms with van der Waals surface area (Å²) in [4.78, 5) is 23.0. The Bertz CT molecular complexity index is 724. The lowest BCUT2D eigenvalue weighted by atomic mass is 10.0. The molecule has 0 radical (unpaired) electrons. The Hall–Kier alpha value is -2.69. The van der Waals surface area contributed by atoms with Crippen molar-refractivity contribution >= 4 is 11.6 Å². The summed E-state index contributed by atoms with van der Waals surface area (Å²) in [5.41, 5.74) is 2.86. The van der Waals surface area contributed by atoms with E-state index in [9.17, 15) is 14.9 Å². The van der Waals surface area contributed by atoms with Crippen molar-refractivity contribution in [3.8, 4) is 0 Å². The standard InChI is InChI=1S/C18H20N2O3/c1-4-16(14-10-8-12(2)9-11-14)19-18(21)15-6-5-7-17(13(15)3)20(22)23/h5-11,16H,4H2,1-3H3,(H,19,21)/t16-/m0/s1. The Kier molecular flexibility index (Phi) is 5.11. The van der Waals surface area contributed by atoms with E-state index < -0.39 is 4.92 Å². The molecule has 1 atom stereocenters. The van der Waals surface area contributed by atoms with Crippen LogP contribution in [-0.4, -0.2) is 10.8 Å². The second-order valence-corrected chi connectivity index (χ2v) is 5.55. The van der Waals surface area contributed by atoms with E-state index in [4.69, 9.17) is 0 Å². The maximum absolute atomic E-state index is 12.5. The van der Waals surface area contributed by atoms with E-state index >= 15 is 0 Å². The van der Waals surface area contributed by atoms with Gasteiger partial charge >= 0.3 is 0 Å². The maximum Gasteiger partial charge on any atom is 0.273 e. The number of carbonyl (C=O) groups is 1. The Balaban J connectivity index is 2.25. The van der Waals surface area contributed by atoms with Crippen molar-refractivity contribution in [3.63, 3.8) is 0 Å². The highest BCUT2D eigenvalue weighted by Gasteiger charge is 2.20. The van der Waals surface area contributed by atoms with Crippen molar-refractivity contribution in [2.24, 2.45) is 0 Å². The van der Waals surface area contributed by atoms with Gasteiger partial charge in [0.1, 0.15) is 0 Å². The number of benzene rings is 2. The van der Waals surface area contributed by atoms with Gasteiger partial charge in [0.05, 0.1) is 11.0 Å². The average Bonchev–Trinajstić information content (AvgIpc) is 2.53. The smallest absolute Gasteiger partial charge is 0.273 e. The molecule has 5 nitrogen and oxygen atoms in total. The number of hydrogen-bond acceptors (Lipinski definition) is 3. The average molecular weight is 312 g/mol. The van der Waals surface area contributed by atoms with Crippen molar-refractivity contribution in [1.29, 1.82) is 0 Å². The number of hydrogen-bond donors (Lipinski definition) is 1. The molecule has 0 aromatic heterocycles. The number of nitro benzene ring substituents is 1. The SMILES string of the molecule is CC[C@H](NC(=O)c1cccc([N+](=O)[O-])c1C)c1ccc(C)cc1. The Morgan fingerprint density at radius 2 is 1.83 bits per heavy atom. The van der Waals surface area contributed by atoms with E-state index in [2.05, 4.69) is 5.32 Å². The quantitative estimate of drug-likeness (QED) is 0.667. The van der Waals surface area contributed by atoms with Crippen LogP contribution in [0.3, 0.4) is 0 Å². The fraction of sp³-hybridized carbons (Fsp3) is 0.278. The summed E-state index contributed by atoms with van der Waals surface area (Å²) in [7, 11) is 0. The number of aryl methyl sites for hydroxylation is 1. The number of nitro groups is 1. The maximum atomic E-state index is 12.5. The monoisotopic (exact) mass is 312 g/mol. The van der Waals surface area contributed by atoms with E-state index in [0.717, 1.165) is 17.5 Å². The second-order valence-electron chi connectivity index (χ2n) is 5.55. The van der Waals surface area contributed by atoms with E-state index in [0.29, 0.717) is 11.1 Å². The molecular formula is C18H20N2O3. The highest BCUT2D eigenvalue weighted by molar-refractivity contribution is 5.96. The lowest BCUT2D eigenvalue weighted by Gasteiger charge is -2.18. The molecule has 0 spiro atoms.